The molecule has 0 radical (unpaired) electrons. The van der Waals surface area contributed by atoms with Crippen molar-refractivity contribution in [3.05, 3.63) is 70.4 Å². The lowest BCUT2D eigenvalue weighted by atomic mass is 10.1. The number of piperidine rings is 1. The van der Waals surface area contributed by atoms with Crippen molar-refractivity contribution in [1.29, 1.82) is 0 Å². The fourth-order valence-electron chi connectivity index (χ4n) is 4.46. The van der Waals surface area contributed by atoms with Crippen LogP contribution in [-0.2, 0) is 22.6 Å². The number of rotatable bonds is 10. The number of ether oxygens (including phenoxy) is 1. The van der Waals surface area contributed by atoms with Gasteiger partial charge in [0.05, 0.1) is 18.5 Å². The van der Waals surface area contributed by atoms with E-state index in [1.165, 1.54) is 0 Å². The molecule has 0 N–H and O–H groups in total. The molecular weight excluding hydrogens is 446 g/mol. The van der Waals surface area contributed by atoms with Gasteiger partial charge in [-0.2, -0.15) is 10.0 Å². The quantitative estimate of drug-likeness (QED) is 0.324. The molecule has 0 spiro atoms. The van der Waals surface area contributed by atoms with Crippen molar-refractivity contribution < 1.29 is 14.3 Å². The van der Waals surface area contributed by atoms with Gasteiger partial charge in [-0.25, -0.2) is 4.68 Å². The predicted molar refractivity (Wildman–Crippen MR) is 134 cm³/mol. The van der Waals surface area contributed by atoms with E-state index in [9.17, 15) is 14.5 Å². The fourth-order valence-corrected chi connectivity index (χ4v) is 4.46. The Kier molecular flexibility index (Phi) is 7.54. The standard InChI is InChI=1S/C26H29N5O4/c1-19-24(25(17-27-34)28-31(19)22-10-12-23(35-2)13-11-22)14-16-29(18-32)20-6-8-21(9-7-20)30-15-4-3-5-26(30)33/h6-13,18H,3-5,14-17H2,1-2H3. The van der Waals surface area contributed by atoms with Crippen LogP contribution in [0.1, 0.15) is 36.2 Å². The molecule has 0 bridgehead atoms. The smallest absolute Gasteiger partial charge is 0.226 e. The minimum absolute atomic E-state index is 0.0427. The Morgan fingerprint density at radius 2 is 1.80 bits per heavy atom. The van der Waals surface area contributed by atoms with E-state index in [1.54, 1.807) is 21.6 Å². The van der Waals surface area contributed by atoms with E-state index in [-0.39, 0.29) is 12.5 Å². The van der Waals surface area contributed by atoms with Crippen molar-refractivity contribution in [2.45, 2.75) is 39.2 Å². The highest BCUT2D eigenvalue weighted by atomic mass is 16.5. The van der Waals surface area contributed by atoms with Crippen LogP contribution in [0.3, 0.4) is 0 Å². The molecule has 2 amide bonds. The van der Waals surface area contributed by atoms with Gasteiger partial charge in [-0.15, -0.1) is 0 Å². The molecule has 0 atom stereocenters. The largest absolute Gasteiger partial charge is 0.497 e. The van der Waals surface area contributed by atoms with Crippen molar-refractivity contribution in [1.82, 2.24) is 9.78 Å². The van der Waals surface area contributed by atoms with Gasteiger partial charge in [-0.05, 0) is 74.7 Å². The predicted octanol–water partition coefficient (Wildman–Crippen LogP) is 4.18. The van der Waals surface area contributed by atoms with Crippen molar-refractivity contribution in [2.75, 3.05) is 30.0 Å². The number of carbonyl (C=O) groups is 2. The SMILES string of the molecule is COc1ccc(-n2nc(CN=O)c(CCN(C=O)c3ccc(N4CCCCC4=O)cc3)c2C)cc1. The fraction of sp³-hybridized carbons (Fsp3) is 0.346. The number of hydrogen-bond donors (Lipinski definition) is 0. The molecule has 9 heteroatoms. The van der Waals surface area contributed by atoms with Gasteiger partial charge in [0.15, 0.2) is 0 Å². The number of anilines is 2. The first-order valence-electron chi connectivity index (χ1n) is 11.7. The van der Waals surface area contributed by atoms with Crippen LogP contribution in [-0.4, -0.2) is 42.3 Å². The summed E-state index contributed by atoms with van der Waals surface area (Å²) < 4.78 is 7.01. The molecule has 0 aliphatic carbocycles. The molecule has 1 aliphatic rings. The zero-order chi connectivity index (χ0) is 24.8. The highest BCUT2D eigenvalue weighted by molar-refractivity contribution is 5.94. The molecule has 1 saturated heterocycles. The number of amides is 2. The van der Waals surface area contributed by atoms with Crippen LogP contribution in [0, 0.1) is 11.8 Å². The minimum Gasteiger partial charge on any atom is -0.497 e. The molecule has 1 aromatic heterocycles. The van der Waals surface area contributed by atoms with Crippen LogP contribution in [0.15, 0.2) is 53.7 Å². The second-order valence-electron chi connectivity index (χ2n) is 8.48. The zero-order valence-electron chi connectivity index (χ0n) is 20.0. The monoisotopic (exact) mass is 475 g/mol. The van der Waals surface area contributed by atoms with E-state index in [0.29, 0.717) is 25.1 Å². The molecule has 0 saturated carbocycles. The number of benzene rings is 2. The summed E-state index contributed by atoms with van der Waals surface area (Å²) in [5, 5.41) is 7.66. The number of carbonyl (C=O) groups excluding carboxylic acids is 2. The molecule has 3 aromatic rings. The molecule has 9 nitrogen and oxygen atoms in total. The average Bonchev–Trinajstić information content (AvgIpc) is 3.20. The molecule has 35 heavy (non-hydrogen) atoms. The minimum atomic E-state index is -0.0427. The number of aromatic nitrogens is 2. The maximum Gasteiger partial charge on any atom is 0.226 e. The topological polar surface area (TPSA) is 97.1 Å². The van der Waals surface area contributed by atoms with E-state index < -0.39 is 0 Å². The normalized spacial score (nSPS) is 13.5. The first kappa shape index (κ1) is 24.1. The molecule has 2 aromatic carbocycles. The summed E-state index contributed by atoms with van der Waals surface area (Å²) in [6, 6.07) is 15.0. The maximum absolute atomic E-state index is 12.2. The molecule has 4 rings (SSSR count). The van der Waals surface area contributed by atoms with Gasteiger partial charge in [0, 0.05) is 42.1 Å². The summed E-state index contributed by atoms with van der Waals surface area (Å²) in [6.45, 7) is 3.03. The van der Waals surface area contributed by atoms with Gasteiger partial charge in [-0.3, -0.25) is 9.59 Å². The lowest BCUT2D eigenvalue weighted by Crippen LogP contribution is -2.35. The Bertz CT molecular complexity index is 1190. The molecule has 1 fully saturated rings. The number of nitrogens with zero attached hydrogens (tertiary/aromatic N) is 5. The molecule has 0 unspecified atom stereocenters. The second-order valence-corrected chi connectivity index (χ2v) is 8.48. The van der Waals surface area contributed by atoms with Gasteiger partial charge in [0.25, 0.3) is 0 Å². The molecule has 182 valence electrons. The number of hydrogen-bond acceptors (Lipinski definition) is 6. The summed E-state index contributed by atoms with van der Waals surface area (Å²) in [6.07, 6.45) is 3.81. The van der Waals surface area contributed by atoms with Gasteiger partial charge in [-0.1, -0.05) is 5.18 Å². The van der Waals surface area contributed by atoms with Gasteiger partial charge >= 0.3 is 0 Å². The Morgan fingerprint density at radius 1 is 1.09 bits per heavy atom. The third kappa shape index (κ3) is 5.24. The molecular formula is C26H29N5O4. The highest BCUT2D eigenvalue weighted by Gasteiger charge is 2.20. The first-order valence-corrected chi connectivity index (χ1v) is 11.7. The summed E-state index contributed by atoms with van der Waals surface area (Å²) in [5.74, 6) is 0.878. The first-order chi connectivity index (χ1) is 17.0. The maximum atomic E-state index is 12.2. The summed E-state index contributed by atoms with van der Waals surface area (Å²) in [4.78, 5) is 38.6. The van der Waals surface area contributed by atoms with Crippen molar-refractivity contribution in [3.63, 3.8) is 0 Å². The Labute approximate surface area is 204 Å². The van der Waals surface area contributed by atoms with Crippen molar-refractivity contribution in [3.8, 4) is 11.4 Å². The van der Waals surface area contributed by atoms with Crippen LogP contribution in [0.2, 0.25) is 0 Å². The number of nitroso groups, excluding NO2 is 1. The van der Waals surface area contributed by atoms with Crippen LogP contribution in [0.4, 0.5) is 11.4 Å². The zero-order valence-corrected chi connectivity index (χ0v) is 20.0. The van der Waals surface area contributed by atoms with Gasteiger partial charge in [0.1, 0.15) is 12.3 Å². The Hall–Kier alpha value is -4.01. The lowest BCUT2D eigenvalue weighted by Gasteiger charge is -2.27. The summed E-state index contributed by atoms with van der Waals surface area (Å²) in [5.41, 5.74) is 4.81. The van der Waals surface area contributed by atoms with E-state index in [2.05, 4.69) is 10.3 Å². The summed E-state index contributed by atoms with van der Waals surface area (Å²) >= 11 is 0. The Balaban J connectivity index is 1.52. The lowest BCUT2D eigenvalue weighted by molar-refractivity contribution is -0.119. The van der Waals surface area contributed by atoms with Crippen molar-refractivity contribution in [2.24, 2.45) is 5.18 Å². The highest BCUT2D eigenvalue weighted by Crippen LogP contribution is 2.26. The van der Waals surface area contributed by atoms with Crippen LogP contribution in [0.25, 0.3) is 5.69 Å². The van der Waals surface area contributed by atoms with E-state index in [0.717, 1.165) is 59.9 Å². The molecule has 2 heterocycles. The van der Waals surface area contributed by atoms with Gasteiger partial charge in [0.2, 0.25) is 12.3 Å². The third-order valence-corrected chi connectivity index (χ3v) is 6.40. The van der Waals surface area contributed by atoms with E-state index in [1.807, 2.05) is 55.5 Å². The Morgan fingerprint density at radius 3 is 2.43 bits per heavy atom. The van der Waals surface area contributed by atoms with Gasteiger partial charge < -0.3 is 14.5 Å². The molecule has 1 aliphatic heterocycles. The average molecular weight is 476 g/mol. The van der Waals surface area contributed by atoms with Crippen LogP contribution >= 0.6 is 0 Å². The third-order valence-electron chi connectivity index (χ3n) is 6.40. The second kappa shape index (κ2) is 10.9. The van der Waals surface area contributed by atoms with Crippen LogP contribution < -0.4 is 14.5 Å². The summed E-state index contributed by atoms with van der Waals surface area (Å²) in [7, 11) is 1.61. The van der Waals surface area contributed by atoms with Crippen molar-refractivity contribution >= 4 is 23.7 Å². The van der Waals surface area contributed by atoms with E-state index in [4.69, 9.17) is 4.74 Å². The van der Waals surface area contributed by atoms with Crippen LogP contribution in [0.5, 0.6) is 5.75 Å². The van der Waals surface area contributed by atoms with E-state index >= 15 is 0 Å². The number of methoxy groups -OCH3 is 1.